The van der Waals surface area contributed by atoms with Crippen molar-refractivity contribution in [2.24, 2.45) is 11.5 Å². The Kier molecular flexibility index (Phi) is 6.70. The summed E-state index contributed by atoms with van der Waals surface area (Å²) >= 11 is 0. The van der Waals surface area contributed by atoms with Crippen molar-refractivity contribution in [2.45, 2.75) is 38.8 Å². The molecular weight excluding hydrogens is 392 g/mol. The van der Waals surface area contributed by atoms with Crippen LogP contribution in [0, 0.1) is 0 Å². The molecule has 1 aromatic carbocycles. The van der Waals surface area contributed by atoms with Crippen LogP contribution in [0.4, 0.5) is 0 Å². The van der Waals surface area contributed by atoms with Crippen LogP contribution in [-0.4, -0.2) is 51.8 Å². The largest absolute Gasteiger partial charge is 0.507 e. The zero-order valence-electron chi connectivity index (χ0n) is 18.6. The number of hydrogen-bond acceptors (Lipinski definition) is 8. The maximum atomic E-state index is 10.5. The number of allylic oxidation sites excluding steroid dienone is 2. The van der Waals surface area contributed by atoms with E-state index in [0.717, 1.165) is 25.1 Å². The minimum absolute atomic E-state index is 0.0615. The maximum absolute atomic E-state index is 10.5. The number of aromatic hydroxyl groups is 1. The number of ether oxygens (including phenoxy) is 1. The van der Waals surface area contributed by atoms with Crippen molar-refractivity contribution in [1.29, 1.82) is 0 Å². The minimum atomic E-state index is 0.0615. The van der Waals surface area contributed by atoms with Gasteiger partial charge in [-0.25, -0.2) is 9.97 Å². The van der Waals surface area contributed by atoms with E-state index in [2.05, 4.69) is 41.0 Å². The molecule has 8 nitrogen and oxygen atoms in total. The average molecular weight is 425 g/mol. The number of rotatable bonds is 6. The highest BCUT2D eigenvalue weighted by molar-refractivity contribution is 5.73. The Labute approximate surface area is 183 Å². The van der Waals surface area contributed by atoms with Gasteiger partial charge in [0.15, 0.2) is 0 Å². The lowest BCUT2D eigenvalue weighted by atomic mass is 10.1. The third-order valence-electron chi connectivity index (χ3n) is 5.08. The first-order chi connectivity index (χ1) is 14.7. The summed E-state index contributed by atoms with van der Waals surface area (Å²) in [5, 5.41) is 14.1. The molecule has 1 saturated heterocycles. The van der Waals surface area contributed by atoms with Gasteiger partial charge >= 0.3 is 0 Å². The fraction of sp³-hybridized carbons (Fsp3) is 0.391. The number of benzene rings is 1. The molecule has 1 fully saturated rings. The van der Waals surface area contributed by atoms with Crippen LogP contribution >= 0.6 is 0 Å². The maximum Gasteiger partial charge on any atom is 0.216 e. The van der Waals surface area contributed by atoms with Crippen LogP contribution in [0.1, 0.15) is 32.8 Å². The molecule has 1 aliphatic rings. The Bertz CT molecular complexity index is 980. The van der Waals surface area contributed by atoms with Gasteiger partial charge in [-0.2, -0.15) is 0 Å². The van der Waals surface area contributed by atoms with Gasteiger partial charge in [-0.05, 0) is 51.5 Å². The van der Waals surface area contributed by atoms with Crippen molar-refractivity contribution in [3.8, 4) is 22.9 Å². The molecule has 8 heteroatoms. The van der Waals surface area contributed by atoms with E-state index in [-0.39, 0.29) is 11.3 Å². The summed E-state index contributed by atoms with van der Waals surface area (Å²) in [7, 11) is 1.54. The number of hydrogen-bond donors (Lipinski definition) is 4. The first-order valence-electron chi connectivity index (χ1n) is 10.3. The monoisotopic (exact) mass is 424 g/mol. The average Bonchev–Trinajstić information content (AvgIpc) is 3.18. The van der Waals surface area contributed by atoms with E-state index < -0.39 is 0 Å². The molecule has 2 heterocycles. The molecule has 2 aromatic rings. The predicted molar refractivity (Wildman–Crippen MR) is 123 cm³/mol. The van der Waals surface area contributed by atoms with Gasteiger partial charge in [0.2, 0.25) is 5.88 Å². The van der Waals surface area contributed by atoms with E-state index >= 15 is 0 Å². The molecular formula is C23H32N6O2. The molecule has 31 heavy (non-hydrogen) atoms. The molecule has 0 spiro atoms. The summed E-state index contributed by atoms with van der Waals surface area (Å²) < 4.78 is 5.13. The molecule has 1 aromatic heterocycles. The second-order valence-electron chi connectivity index (χ2n) is 8.72. The Morgan fingerprint density at radius 3 is 2.68 bits per heavy atom. The van der Waals surface area contributed by atoms with Gasteiger partial charge < -0.3 is 31.5 Å². The molecule has 166 valence electrons. The second kappa shape index (κ2) is 9.26. The number of phenols is 1. The fourth-order valence-corrected chi connectivity index (χ4v) is 3.64. The van der Waals surface area contributed by atoms with Crippen molar-refractivity contribution < 1.29 is 9.84 Å². The highest BCUT2D eigenvalue weighted by Crippen LogP contribution is 2.29. The Morgan fingerprint density at radius 2 is 2.00 bits per heavy atom. The van der Waals surface area contributed by atoms with Crippen LogP contribution in [-0.2, 0) is 0 Å². The van der Waals surface area contributed by atoms with Crippen LogP contribution in [0.3, 0.4) is 0 Å². The summed E-state index contributed by atoms with van der Waals surface area (Å²) in [6.07, 6.45) is 5.97. The van der Waals surface area contributed by atoms with Gasteiger partial charge in [0.1, 0.15) is 12.1 Å². The molecule has 0 radical (unpaired) electrons. The van der Waals surface area contributed by atoms with Gasteiger partial charge in [-0.1, -0.05) is 6.07 Å². The van der Waals surface area contributed by atoms with Gasteiger partial charge in [-0.15, -0.1) is 0 Å². The highest BCUT2D eigenvalue weighted by Gasteiger charge is 2.26. The normalized spacial score (nSPS) is 17.8. The van der Waals surface area contributed by atoms with Crippen LogP contribution < -0.4 is 21.5 Å². The van der Waals surface area contributed by atoms with Gasteiger partial charge in [-0.3, -0.25) is 0 Å². The van der Waals surface area contributed by atoms with E-state index in [1.807, 2.05) is 6.07 Å². The van der Waals surface area contributed by atoms with Crippen LogP contribution in [0.5, 0.6) is 11.6 Å². The van der Waals surface area contributed by atoms with E-state index in [4.69, 9.17) is 16.2 Å². The zero-order valence-corrected chi connectivity index (χ0v) is 18.6. The smallest absolute Gasteiger partial charge is 0.216 e. The van der Waals surface area contributed by atoms with Crippen LogP contribution in [0.25, 0.3) is 17.0 Å². The summed E-state index contributed by atoms with van der Waals surface area (Å²) in [4.78, 5) is 10.4. The minimum Gasteiger partial charge on any atom is -0.507 e. The molecule has 3 rings (SSSR count). The summed E-state index contributed by atoms with van der Waals surface area (Å²) in [5.41, 5.74) is 14.9. The Morgan fingerprint density at radius 1 is 1.23 bits per heavy atom. The SMILES string of the molecule is COc1cc(-c2ccc(/C(N)=C/C=C(\N)N3CCC(NC(C)(C)C)C3)c(O)c2)ncn1. The second-order valence-corrected chi connectivity index (χ2v) is 8.72. The fourth-order valence-electron chi connectivity index (χ4n) is 3.64. The number of aromatic nitrogens is 2. The lowest BCUT2D eigenvalue weighted by Crippen LogP contribution is -2.45. The van der Waals surface area contributed by atoms with Crippen molar-refractivity contribution >= 4 is 5.70 Å². The lowest BCUT2D eigenvalue weighted by Gasteiger charge is -2.26. The third kappa shape index (κ3) is 5.88. The molecule has 6 N–H and O–H groups in total. The van der Waals surface area contributed by atoms with Crippen LogP contribution in [0.2, 0.25) is 0 Å². The zero-order chi connectivity index (χ0) is 22.6. The van der Waals surface area contributed by atoms with E-state index in [0.29, 0.717) is 34.7 Å². The summed E-state index contributed by atoms with van der Waals surface area (Å²) in [6.45, 7) is 8.24. The molecule has 1 atom stereocenters. The van der Waals surface area contributed by atoms with Crippen molar-refractivity contribution in [3.05, 3.63) is 54.1 Å². The van der Waals surface area contributed by atoms with Crippen molar-refractivity contribution in [2.75, 3.05) is 20.2 Å². The third-order valence-corrected chi connectivity index (χ3v) is 5.08. The van der Waals surface area contributed by atoms with E-state index in [1.54, 1.807) is 37.5 Å². The number of nitrogens with two attached hydrogens (primary N) is 2. The standard InChI is InChI=1S/C23H32N6O2/c1-23(2,3)28-16-9-10-29(13-16)21(25)8-7-18(24)17-6-5-15(11-20(17)30)19-12-22(31-4)27-14-26-19/h5-8,11-12,14,16,28,30H,9-10,13,24-25H2,1-4H3/b18-7-,21-8+. The molecule has 1 aliphatic heterocycles. The highest BCUT2D eigenvalue weighted by atomic mass is 16.5. The molecule has 0 saturated carbocycles. The first-order valence-corrected chi connectivity index (χ1v) is 10.3. The van der Waals surface area contributed by atoms with Crippen molar-refractivity contribution in [3.63, 3.8) is 0 Å². The lowest BCUT2D eigenvalue weighted by molar-refractivity contribution is 0.345. The molecule has 0 amide bonds. The van der Waals surface area contributed by atoms with Gasteiger partial charge in [0, 0.05) is 47.6 Å². The van der Waals surface area contributed by atoms with E-state index in [9.17, 15) is 5.11 Å². The number of nitrogens with zero attached hydrogens (tertiary/aromatic N) is 3. The summed E-state index contributed by atoms with van der Waals surface area (Å²) in [5.74, 6) is 1.17. The van der Waals surface area contributed by atoms with Crippen molar-refractivity contribution in [1.82, 2.24) is 20.2 Å². The Balaban J connectivity index is 1.71. The number of phenolic OH excluding ortho intramolecular Hbond substituents is 1. The summed E-state index contributed by atoms with van der Waals surface area (Å²) in [6, 6.07) is 7.33. The van der Waals surface area contributed by atoms with Crippen LogP contribution in [0.15, 0.2) is 48.6 Å². The Hall–Kier alpha value is -3.26. The van der Waals surface area contributed by atoms with Gasteiger partial charge in [0.25, 0.3) is 0 Å². The topological polar surface area (TPSA) is 123 Å². The number of methoxy groups -OCH3 is 1. The molecule has 1 unspecified atom stereocenters. The number of likely N-dealkylation sites (tertiary alicyclic amines) is 1. The van der Waals surface area contributed by atoms with E-state index in [1.165, 1.54) is 6.33 Å². The molecule has 0 aliphatic carbocycles. The quantitative estimate of drug-likeness (QED) is 0.522. The number of nitrogens with one attached hydrogen (secondary N) is 1. The first kappa shape index (κ1) is 22.4. The predicted octanol–water partition coefficient (Wildman–Crippen LogP) is 2.42. The molecule has 0 bridgehead atoms. The van der Waals surface area contributed by atoms with Gasteiger partial charge in [0.05, 0.1) is 18.6 Å².